The third kappa shape index (κ3) is 4.92. The maximum absolute atomic E-state index is 10.6. The fourth-order valence-electron chi connectivity index (χ4n) is 7.64. The van der Waals surface area contributed by atoms with E-state index in [1.54, 1.807) is 0 Å². The van der Waals surface area contributed by atoms with Crippen LogP contribution in [0.2, 0.25) is 0 Å². The number of benzene rings is 6. The average molecular weight is 651 g/mol. The van der Waals surface area contributed by atoms with Gasteiger partial charge in [0, 0.05) is 21.9 Å². The summed E-state index contributed by atoms with van der Waals surface area (Å²) in [6, 6.07) is 45.3. The van der Waals surface area contributed by atoms with E-state index < -0.39 is 0 Å². The molecular weight excluding hydrogens is 611 g/mol. The van der Waals surface area contributed by atoms with Crippen molar-refractivity contribution >= 4 is 33.0 Å². The summed E-state index contributed by atoms with van der Waals surface area (Å²) < 4.78 is 11.5. The molecule has 0 bridgehead atoms. The summed E-state index contributed by atoms with van der Waals surface area (Å²) in [4.78, 5) is 0. The highest BCUT2D eigenvalue weighted by Crippen LogP contribution is 2.44. The molecule has 244 valence electrons. The number of furan rings is 1. The Morgan fingerprint density at radius 2 is 1.28 bits per heavy atom. The van der Waals surface area contributed by atoms with Crippen LogP contribution < -0.4 is 4.57 Å². The monoisotopic (exact) mass is 650 g/mol. The third-order valence-corrected chi connectivity index (χ3v) is 10.2. The first-order chi connectivity index (χ1) is 24.3. The van der Waals surface area contributed by atoms with Gasteiger partial charge in [0.05, 0.1) is 7.05 Å². The number of hydrogen-bond donors (Lipinski definition) is 0. The first-order valence-electron chi connectivity index (χ1n) is 17.5. The standard InChI is InChI=1S/C46H40N3O/c1-28(2)38-24-35(32-16-11-8-12-17-32)25-39(29(3)4)44(38)49-43-34(27-47)18-13-19-40(43)48(6)46(49)42-30(5)20-22-37-36-23-21-33(26-41(36)50-45(37)42)31-14-9-7-10-15-31/h7-26,28-29H,1-6H3/q+1. The molecule has 0 spiro atoms. The smallest absolute Gasteiger partial charge is 0.299 e. The molecular formula is C46H40N3O+. The lowest BCUT2D eigenvalue weighted by Gasteiger charge is -2.21. The van der Waals surface area contributed by atoms with Crippen molar-refractivity contribution < 1.29 is 8.98 Å². The van der Waals surface area contributed by atoms with Gasteiger partial charge in [-0.1, -0.05) is 113 Å². The second-order valence-electron chi connectivity index (χ2n) is 14.0. The summed E-state index contributed by atoms with van der Waals surface area (Å²) >= 11 is 0. The molecule has 2 aromatic heterocycles. The van der Waals surface area contributed by atoms with Crippen LogP contribution in [0.25, 0.3) is 72.3 Å². The molecule has 0 radical (unpaired) electrons. The van der Waals surface area contributed by atoms with Gasteiger partial charge in [-0.25, -0.2) is 4.57 Å². The molecule has 4 nitrogen and oxygen atoms in total. The lowest BCUT2D eigenvalue weighted by Crippen LogP contribution is -2.30. The number of para-hydroxylation sites is 1. The normalized spacial score (nSPS) is 11.7. The molecule has 0 aliphatic carbocycles. The summed E-state index contributed by atoms with van der Waals surface area (Å²) in [7, 11) is 2.12. The molecule has 8 rings (SSSR count). The fourth-order valence-corrected chi connectivity index (χ4v) is 7.64. The molecule has 0 saturated carbocycles. The van der Waals surface area contributed by atoms with Crippen LogP contribution in [-0.4, -0.2) is 4.57 Å². The number of aryl methyl sites for hydroxylation is 2. The van der Waals surface area contributed by atoms with Gasteiger partial charge in [-0.05, 0) is 83.0 Å². The van der Waals surface area contributed by atoms with Crippen LogP contribution in [0.15, 0.2) is 126 Å². The van der Waals surface area contributed by atoms with Gasteiger partial charge in [0.15, 0.2) is 16.6 Å². The Kier molecular flexibility index (Phi) is 7.65. The first-order valence-corrected chi connectivity index (χ1v) is 17.5. The predicted octanol–water partition coefficient (Wildman–Crippen LogP) is 11.8. The minimum Gasteiger partial charge on any atom is -0.455 e. The summed E-state index contributed by atoms with van der Waals surface area (Å²) in [5, 5.41) is 12.7. The van der Waals surface area contributed by atoms with Gasteiger partial charge in [0.2, 0.25) is 0 Å². The van der Waals surface area contributed by atoms with Crippen molar-refractivity contribution in [1.29, 1.82) is 5.26 Å². The second kappa shape index (κ2) is 12.2. The van der Waals surface area contributed by atoms with Crippen LogP contribution in [0.3, 0.4) is 0 Å². The molecule has 0 aliphatic heterocycles. The van der Waals surface area contributed by atoms with Gasteiger partial charge in [-0.15, -0.1) is 0 Å². The van der Waals surface area contributed by atoms with Gasteiger partial charge < -0.3 is 4.42 Å². The maximum atomic E-state index is 10.6. The first kappa shape index (κ1) is 31.4. The number of nitriles is 1. The molecule has 6 aromatic carbocycles. The Bertz CT molecular complexity index is 2590. The maximum Gasteiger partial charge on any atom is 0.299 e. The van der Waals surface area contributed by atoms with E-state index in [9.17, 15) is 5.26 Å². The largest absolute Gasteiger partial charge is 0.455 e. The van der Waals surface area contributed by atoms with E-state index in [-0.39, 0.29) is 11.8 Å². The SMILES string of the molecule is Cc1ccc2c(oc3cc(-c4ccccc4)ccc32)c1-c1n(-c2c(C(C)C)cc(-c3ccccc3)cc2C(C)C)c2c(C#N)cccc2[n+]1C. The topological polar surface area (TPSA) is 45.7 Å². The molecule has 50 heavy (non-hydrogen) atoms. The van der Waals surface area contributed by atoms with Crippen molar-refractivity contribution in [3.05, 3.63) is 144 Å². The molecule has 0 saturated heterocycles. The highest BCUT2D eigenvalue weighted by atomic mass is 16.3. The average Bonchev–Trinajstić information content (AvgIpc) is 3.65. The molecule has 0 amide bonds. The van der Waals surface area contributed by atoms with Gasteiger partial charge in [0.1, 0.15) is 28.5 Å². The van der Waals surface area contributed by atoms with E-state index in [0.717, 1.165) is 66.7 Å². The summed E-state index contributed by atoms with van der Waals surface area (Å²) in [6.07, 6.45) is 0. The van der Waals surface area contributed by atoms with Gasteiger partial charge in [-0.2, -0.15) is 9.83 Å². The van der Waals surface area contributed by atoms with E-state index in [0.29, 0.717) is 5.56 Å². The fraction of sp³-hybridized carbons (Fsp3) is 0.174. The van der Waals surface area contributed by atoms with Crippen molar-refractivity contribution in [3.63, 3.8) is 0 Å². The van der Waals surface area contributed by atoms with E-state index in [1.807, 2.05) is 18.2 Å². The zero-order chi connectivity index (χ0) is 34.7. The van der Waals surface area contributed by atoms with Crippen molar-refractivity contribution in [3.8, 4) is 45.4 Å². The van der Waals surface area contributed by atoms with Gasteiger partial charge >= 0.3 is 0 Å². The number of imidazole rings is 1. The Morgan fingerprint density at radius 3 is 1.90 bits per heavy atom. The molecule has 0 N–H and O–H groups in total. The van der Waals surface area contributed by atoms with E-state index >= 15 is 0 Å². The van der Waals surface area contributed by atoms with Crippen LogP contribution in [0.4, 0.5) is 0 Å². The van der Waals surface area contributed by atoms with E-state index in [1.165, 1.54) is 22.3 Å². The number of aromatic nitrogens is 2. The molecule has 0 fully saturated rings. The quantitative estimate of drug-likeness (QED) is 0.168. The van der Waals surface area contributed by atoms with E-state index in [2.05, 4.69) is 160 Å². The zero-order valence-electron chi connectivity index (χ0n) is 29.5. The summed E-state index contributed by atoms with van der Waals surface area (Å²) in [5.41, 5.74) is 14.7. The molecule has 8 aromatic rings. The van der Waals surface area contributed by atoms with Crippen LogP contribution in [0.5, 0.6) is 0 Å². The molecule has 0 atom stereocenters. The van der Waals surface area contributed by atoms with Gasteiger partial charge in [0.25, 0.3) is 5.82 Å². The zero-order valence-corrected chi connectivity index (χ0v) is 29.5. The van der Waals surface area contributed by atoms with E-state index in [4.69, 9.17) is 4.42 Å². The minimum absolute atomic E-state index is 0.218. The van der Waals surface area contributed by atoms with Crippen molar-refractivity contribution in [1.82, 2.24) is 4.57 Å². The summed E-state index contributed by atoms with van der Waals surface area (Å²) in [6.45, 7) is 11.2. The Morgan fingerprint density at radius 1 is 0.660 bits per heavy atom. The molecule has 4 heteroatoms. The molecule has 0 aliphatic rings. The van der Waals surface area contributed by atoms with Crippen LogP contribution in [-0.2, 0) is 7.05 Å². The van der Waals surface area contributed by atoms with Crippen molar-refractivity contribution in [2.75, 3.05) is 0 Å². The highest BCUT2D eigenvalue weighted by Gasteiger charge is 2.35. The van der Waals surface area contributed by atoms with Crippen molar-refractivity contribution in [2.24, 2.45) is 7.05 Å². The van der Waals surface area contributed by atoms with Crippen LogP contribution >= 0.6 is 0 Å². The molecule has 2 heterocycles. The van der Waals surface area contributed by atoms with Crippen LogP contribution in [0.1, 0.15) is 61.8 Å². The Hall–Kier alpha value is -5.92. The number of nitrogens with zero attached hydrogens (tertiary/aromatic N) is 3. The number of fused-ring (bicyclic) bond motifs is 4. The second-order valence-corrected chi connectivity index (χ2v) is 14.0. The number of rotatable bonds is 6. The Labute approximate surface area is 293 Å². The molecule has 0 unspecified atom stereocenters. The third-order valence-electron chi connectivity index (χ3n) is 10.2. The van der Waals surface area contributed by atoms with Crippen LogP contribution in [0, 0.1) is 18.3 Å². The minimum atomic E-state index is 0.218. The summed E-state index contributed by atoms with van der Waals surface area (Å²) in [5.74, 6) is 1.43. The number of hydrogen-bond acceptors (Lipinski definition) is 2. The van der Waals surface area contributed by atoms with Crippen molar-refractivity contribution in [2.45, 2.75) is 46.5 Å². The lowest BCUT2D eigenvalue weighted by atomic mass is 9.88. The Balaban J connectivity index is 1.51. The van der Waals surface area contributed by atoms with Gasteiger partial charge in [-0.3, -0.25) is 0 Å². The predicted molar refractivity (Wildman–Crippen MR) is 206 cm³/mol. The highest BCUT2D eigenvalue weighted by molar-refractivity contribution is 6.10. The lowest BCUT2D eigenvalue weighted by molar-refractivity contribution is -0.633.